The van der Waals surface area contributed by atoms with E-state index < -0.39 is 11.9 Å². The summed E-state index contributed by atoms with van der Waals surface area (Å²) < 4.78 is 0. The first-order chi connectivity index (χ1) is 11.5. The number of amides is 1. The molecule has 1 amide bonds. The first-order valence-electron chi connectivity index (χ1n) is 8.32. The minimum absolute atomic E-state index is 0.0338. The zero-order valence-corrected chi connectivity index (χ0v) is 13.5. The molecule has 1 aliphatic carbocycles. The fourth-order valence-corrected chi connectivity index (χ4v) is 3.28. The molecule has 1 fully saturated rings. The van der Waals surface area contributed by atoms with Gasteiger partial charge in [-0.2, -0.15) is 0 Å². The van der Waals surface area contributed by atoms with E-state index in [2.05, 4.69) is 18.2 Å². The monoisotopic (exact) mass is 321 g/mol. The average molecular weight is 321 g/mol. The molecule has 24 heavy (non-hydrogen) atoms. The highest BCUT2D eigenvalue weighted by molar-refractivity contribution is 6.10. The van der Waals surface area contributed by atoms with E-state index in [4.69, 9.17) is 5.11 Å². The topological polar surface area (TPSA) is 57.6 Å². The number of carbonyl (C=O) groups is 2. The molecule has 0 aromatic heterocycles. The SMILES string of the molecule is CC(C(=O)O)c1ccc(N2Cc3ccc(C4CC4)cc3C2=O)cc1. The second kappa shape index (κ2) is 5.48. The predicted octanol–water partition coefficient (Wildman–Crippen LogP) is 3.91. The Bertz CT molecular complexity index is 821. The number of fused-ring (bicyclic) bond motifs is 1. The van der Waals surface area contributed by atoms with Crippen molar-refractivity contribution >= 4 is 17.6 Å². The lowest BCUT2D eigenvalue weighted by Crippen LogP contribution is -2.23. The number of anilines is 1. The smallest absolute Gasteiger partial charge is 0.310 e. The van der Waals surface area contributed by atoms with Crippen molar-refractivity contribution in [1.82, 2.24) is 0 Å². The van der Waals surface area contributed by atoms with E-state index in [1.54, 1.807) is 24.0 Å². The number of carboxylic acid groups (broad SMARTS) is 1. The van der Waals surface area contributed by atoms with Crippen LogP contribution in [0.3, 0.4) is 0 Å². The van der Waals surface area contributed by atoms with Gasteiger partial charge in [-0.05, 0) is 60.6 Å². The molecule has 4 nitrogen and oxygen atoms in total. The van der Waals surface area contributed by atoms with Gasteiger partial charge < -0.3 is 10.0 Å². The summed E-state index contributed by atoms with van der Waals surface area (Å²) >= 11 is 0. The van der Waals surface area contributed by atoms with Gasteiger partial charge >= 0.3 is 5.97 Å². The van der Waals surface area contributed by atoms with Crippen molar-refractivity contribution in [3.63, 3.8) is 0 Å². The minimum atomic E-state index is -0.847. The van der Waals surface area contributed by atoms with Crippen LogP contribution in [0.25, 0.3) is 0 Å². The lowest BCUT2D eigenvalue weighted by atomic mass is 10.0. The largest absolute Gasteiger partial charge is 0.481 e. The summed E-state index contributed by atoms with van der Waals surface area (Å²) in [6.07, 6.45) is 2.44. The van der Waals surface area contributed by atoms with Crippen molar-refractivity contribution in [2.75, 3.05) is 4.90 Å². The van der Waals surface area contributed by atoms with Crippen LogP contribution in [0.4, 0.5) is 5.69 Å². The third kappa shape index (κ3) is 2.48. The number of nitrogens with zero attached hydrogens (tertiary/aromatic N) is 1. The summed E-state index contributed by atoms with van der Waals surface area (Å²) in [6, 6.07) is 13.5. The van der Waals surface area contributed by atoms with E-state index in [1.165, 1.54) is 18.4 Å². The summed E-state index contributed by atoms with van der Waals surface area (Å²) in [7, 11) is 0. The van der Waals surface area contributed by atoms with Gasteiger partial charge in [0.05, 0.1) is 12.5 Å². The molecular formula is C20H19NO3. The number of benzene rings is 2. The van der Waals surface area contributed by atoms with Gasteiger partial charge in [-0.25, -0.2) is 0 Å². The van der Waals surface area contributed by atoms with Gasteiger partial charge in [0.2, 0.25) is 0 Å². The van der Waals surface area contributed by atoms with E-state index in [0.29, 0.717) is 12.5 Å². The van der Waals surface area contributed by atoms with Crippen LogP contribution in [0, 0.1) is 0 Å². The number of carbonyl (C=O) groups excluding carboxylic acids is 1. The summed E-state index contributed by atoms with van der Waals surface area (Å²) in [4.78, 5) is 25.6. The van der Waals surface area contributed by atoms with Gasteiger partial charge in [0.15, 0.2) is 0 Å². The molecule has 4 rings (SSSR count). The van der Waals surface area contributed by atoms with Crippen molar-refractivity contribution in [2.24, 2.45) is 0 Å². The van der Waals surface area contributed by atoms with Gasteiger partial charge in [-0.3, -0.25) is 9.59 Å². The Morgan fingerprint density at radius 2 is 1.88 bits per heavy atom. The van der Waals surface area contributed by atoms with E-state index in [-0.39, 0.29) is 5.91 Å². The van der Waals surface area contributed by atoms with Crippen molar-refractivity contribution in [2.45, 2.75) is 38.1 Å². The van der Waals surface area contributed by atoms with Crippen molar-refractivity contribution in [1.29, 1.82) is 0 Å². The zero-order valence-electron chi connectivity index (χ0n) is 13.5. The quantitative estimate of drug-likeness (QED) is 0.929. The van der Waals surface area contributed by atoms with Crippen LogP contribution in [0.15, 0.2) is 42.5 Å². The summed E-state index contributed by atoms with van der Waals surface area (Å²) in [5, 5.41) is 9.09. The average Bonchev–Trinajstić information content (AvgIpc) is 3.39. The Morgan fingerprint density at radius 3 is 2.50 bits per heavy atom. The third-order valence-electron chi connectivity index (χ3n) is 5.06. The van der Waals surface area contributed by atoms with E-state index in [1.807, 2.05) is 12.1 Å². The molecule has 1 aliphatic heterocycles. The highest BCUT2D eigenvalue weighted by Crippen LogP contribution is 2.41. The number of hydrogen-bond acceptors (Lipinski definition) is 2. The lowest BCUT2D eigenvalue weighted by molar-refractivity contribution is -0.138. The summed E-state index contributed by atoms with van der Waals surface area (Å²) in [5.41, 5.74) is 4.70. The molecular weight excluding hydrogens is 302 g/mol. The molecule has 0 spiro atoms. The number of carboxylic acids is 1. The molecule has 2 aliphatic rings. The maximum Gasteiger partial charge on any atom is 0.310 e. The molecule has 1 saturated carbocycles. The minimum Gasteiger partial charge on any atom is -0.481 e. The van der Waals surface area contributed by atoms with Gasteiger partial charge in [0.25, 0.3) is 5.91 Å². The second-order valence-corrected chi connectivity index (χ2v) is 6.73. The van der Waals surface area contributed by atoms with Crippen molar-refractivity contribution < 1.29 is 14.7 Å². The van der Waals surface area contributed by atoms with Crippen LogP contribution in [0.5, 0.6) is 0 Å². The maximum absolute atomic E-state index is 12.8. The molecule has 4 heteroatoms. The fourth-order valence-electron chi connectivity index (χ4n) is 3.28. The molecule has 2 aromatic rings. The Balaban J connectivity index is 1.59. The Kier molecular flexibility index (Phi) is 3.41. The fraction of sp³-hybridized carbons (Fsp3) is 0.300. The van der Waals surface area contributed by atoms with Crippen LogP contribution >= 0.6 is 0 Å². The number of aliphatic carboxylic acids is 1. The number of hydrogen-bond donors (Lipinski definition) is 1. The van der Waals surface area contributed by atoms with Gasteiger partial charge in [-0.15, -0.1) is 0 Å². The number of rotatable bonds is 4. The summed E-state index contributed by atoms with van der Waals surface area (Å²) in [6.45, 7) is 2.24. The van der Waals surface area contributed by atoms with Crippen LogP contribution in [-0.2, 0) is 11.3 Å². The molecule has 0 saturated heterocycles. The lowest BCUT2D eigenvalue weighted by Gasteiger charge is -2.16. The molecule has 122 valence electrons. The molecule has 0 radical (unpaired) electrons. The Hall–Kier alpha value is -2.62. The first kappa shape index (κ1) is 14.9. The Morgan fingerprint density at radius 1 is 1.17 bits per heavy atom. The van der Waals surface area contributed by atoms with Crippen molar-refractivity contribution in [3.8, 4) is 0 Å². The molecule has 0 bridgehead atoms. The third-order valence-corrected chi connectivity index (χ3v) is 5.06. The maximum atomic E-state index is 12.8. The van der Waals surface area contributed by atoms with Crippen LogP contribution in [0.1, 0.15) is 58.6 Å². The summed E-state index contributed by atoms with van der Waals surface area (Å²) in [5.74, 6) is -0.730. The van der Waals surface area contributed by atoms with Crippen LogP contribution < -0.4 is 4.90 Å². The van der Waals surface area contributed by atoms with Gasteiger partial charge in [0, 0.05) is 11.3 Å². The first-order valence-corrected chi connectivity index (χ1v) is 8.32. The van der Waals surface area contributed by atoms with Gasteiger partial charge in [0.1, 0.15) is 0 Å². The van der Waals surface area contributed by atoms with E-state index >= 15 is 0 Å². The Labute approximate surface area is 140 Å². The van der Waals surface area contributed by atoms with E-state index in [9.17, 15) is 9.59 Å². The molecule has 1 atom stereocenters. The second-order valence-electron chi connectivity index (χ2n) is 6.73. The molecule has 2 aromatic carbocycles. The molecule has 1 unspecified atom stereocenters. The van der Waals surface area contributed by atoms with Crippen LogP contribution in [0.2, 0.25) is 0 Å². The molecule has 1 N–H and O–H groups in total. The standard InChI is InChI=1S/C20H19NO3/c1-12(20(23)24)13-6-8-17(9-7-13)21-11-16-5-4-15(14-2-3-14)10-18(16)19(21)22/h4-10,12,14H,2-3,11H2,1H3,(H,23,24). The predicted molar refractivity (Wildman–Crippen MR) is 91.4 cm³/mol. The van der Waals surface area contributed by atoms with Gasteiger partial charge in [-0.1, -0.05) is 24.3 Å². The van der Waals surface area contributed by atoms with Crippen LogP contribution in [-0.4, -0.2) is 17.0 Å². The normalized spacial score (nSPS) is 17.7. The molecule has 1 heterocycles. The highest BCUT2D eigenvalue weighted by atomic mass is 16.4. The van der Waals surface area contributed by atoms with E-state index in [0.717, 1.165) is 22.4 Å². The highest BCUT2D eigenvalue weighted by Gasteiger charge is 2.31. The zero-order chi connectivity index (χ0) is 16.8. The van der Waals surface area contributed by atoms with Crippen molar-refractivity contribution in [3.05, 3.63) is 64.7 Å².